The summed E-state index contributed by atoms with van der Waals surface area (Å²) in [5.41, 5.74) is 3.62. The van der Waals surface area contributed by atoms with Gasteiger partial charge in [0.15, 0.2) is 0 Å². The van der Waals surface area contributed by atoms with Crippen LogP contribution in [0.4, 0.5) is 0 Å². The Hall–Kier alpha value is -1.74. The maximum atomic E-state index is 9.41. The van der Waals surface area contributed by atoms with Crippen molar-refractivity contribution in [2.24, 2.45) is 0 Å². The van der Waals surface area contributed by atoms with Crippen molar-refractivity contribution in [1.29, 1.82) is 0 Å². The van der Waals surface area contributed by atoms with Crippen LogP contribution in [0, 0.1) is 6.92 Å². The number of benzene rings is 1. The minimum absolute atomic E-state index is 0.311. The fraction of sp³-hybridized carbons (Fsp3) is 0.154. The van der Waals surface area contributed by atoms with Crippen molar-refractivity contribution in [3.63, 3.8) is 0 Å². The summed E-state index contributed by atoms with van der Waals surface area (Å²) in [5, 5.41) is 16.3. The average molecular weight is 249 g/mol. The number of halogens is 1. The van der Waals surface area contributed by atoms with Crippen molar-refractivity contribution in [3.8, 4) is 5.75 Å². The van der Waals surface area contributed by atoms with Crippen LogP contribution < -0.4 is 0 Å². The Morgan fingerprint density at radius 3 is 2.82 bits per heavy atom. The van der Waals surface area contributed by atoms with Crippen LogP contribution in [0.15, 0.2) is 24.3 Å². The highest BCUT2D eigenvalue weighted by molar-refractivity contribution is 6.16. The van der Waals surface area contributed by atoms with E-state index in [1.54, 1.807) is 6.07 Å². The molecule has 1 aromatic carbocycles. The van der Waals surface area contributed by atoms with E-state index in [0.717, 1.165) is 22.5 Å². The Labute approximate surface area is 105 Å². The van der Waals surface area contributed by atoms with E-state index in [9.17, 15) is 5.11 Å². The van der Waals surface area contributed by atoms with E-state index in [0.29, 0.717) is 11.6 Å². The van der Waals surface area contributed by atoms with E-state index in [2.05, 4.69) is 10.2 Å². The number of aromatic nitrogens is 2. The van der Waals surface area contributed by atoms with E-state index in [1.165, 1.54) is 0 Å². The Bertz CT molecular complexity index is 546. The molecule has 0 saturated heterocycles. The van der Waals surface area contributed by atoms with Gasteiger partial charge in [-0.25, -0.2) is 0 Å². The zero-order valence-electron chi connectivity index (χ0n) is 9.44. The molecule has 1 aromatic heterocycles. The molecule has 0 aliphatic carbocycles. The quantitative estimate of drug-likeness (QED) is 0.819. The first-order chi connectivity index (χ1) is 8.19. The van der Waals surface area contributed by atoms with Gasteiger partial charge in [-0.05, 0) is 42.3 Å². The lowest BCUT2D eigenvalue weighted by molar-refractivity contribution is 0.471. The van der Waals surface area contributed by atoms with Crippen LogP contribution in [0.3, 0.4) is 0 Å². The molecule has 0 aliphatic heterocycles. The number of aromatic amines is 1. The van der Waals surface area contributed by atoms with E-state index in [4.69, 9.17) is 11.6 Å². The molecule has 0 fully saturated rings. The summed E-state index contributed by atoms with van der Waals surface area (Å²) in [6, 6.07) is 7.36. The van der Waals surface area contributed by atoms with Crippen LogP contribution in [0.5, 0.6) is 5.75 Å². The van der Waals surface area contributed by atoms with Crippen molar-refractivity contribution < 1.29 is 5.11 Å². The van der Waals surface area contributed by atoms with Gasteiger partial charge in [0.1, 0.15) is 5.75 Å². The van der Waals surface area contributed by atoms with Gasteiger partial charge >= 0.3 is 0 Å². The van der Waals surface area contributed by atoms with Gasteiger partial charge in [0.05, 0.1) is 17.3 Å². The third-order valence-electron chi connectivity index (χ3n) is 2.46. The van der Waals surface area contributed by atoms with Gasteiger partial charge in [-0.1, -0.05) is 12.1 Å². The van der Waals surface area contributed by atoms with Gasteiger partial charge in [0, 0.05) is 0 Å². The zero-order chi connectivity index (χ0) is 12.3. The highest BCUT2D eigenvalue weighted by atomic mass is 35.5. The molecule has 1 heterocycles. The predicted octanol–water partition coefficient (Wildman–Crippen LogP) is 3.33. The molecule has 17 heavy (non-hydrogen) atoms. The second-order valence-corrected chi connectivity index (χ2v) is 4.10. The number of nitrogens with one attached hydrogen (secondary N) is 1. The Kier molecular flexibility index (Phi) is 3.49. The van der Waals surface area contributed by atoms with Crippen LogP contribution >= 0.6 is 11.6 Å². The maximum Gasteiger partial charge on any atom is 0.118 e. The smallest absolute Gasteiger partial charge is 0.118 e. The third kappa shape index (κ3) is 2.88. The van der Waals surface area contributed by atoms with Crippen molar-refractivity contribution >= 4 is 23.8 Å². The topological polar surface area (TPSA) is 48.9 Å². The fourth-order valence-corrected chi connectivity index (χ4v) is 1.63. The summed E-state index contributed by atoms with van der Waals surface area (Å²) in [4.78, 5) is 0. The highest BCUT2D eigenvalue weighted by Gasteiger charge is 1.97. The minimum Gasteiger partial charge on any atom is -0.508 e. The molecule has 88 valence electrons. The summed E-state index contributed by atoms with van der Waals surface area (Å²) >= 11 is 5.67. The third-order valence-corrected chi connectivity index (χ3v) is 2.75. The van der Waals surface area contributed by atoms with Crippen LogP contribution in [-0.4, -0.2) is 15.3 Å². The minimum atomic E-state index is 0.311. The van der Waals surface area contributed by atoms with Gasteiger partial charge < -0.3 is 5.11 Å². The van der Waals surface area contributed by atoms with Crippen molar-refractivity contribution in [2.75, 3.05) is 0 Å². The molecule has 2 rings (SSSR count). The number of phenols is 1. The molecule has 0 spiro atoms. The molecule has 0 saturated carbocycles. The summed E-state index contributed by atoms with van der Waals surface area (Å²) < 4.78 is 0. The first-order valence-electron chi connectivity index (χ1n) is 5.27. The van der Waals surface area contributed by atoms with E-state index < -0.39 is 0 Å². The molecule has 0 radical (unpaired) electrons. The van der Waals surface area contributed by atoms with Gasteiger partial charge in [-0.3, -0.25) is 5.10 Å². The lowest BCUT2D eigenvalue weighted by Gasteiger charge is -1.98. The fourth-order valence-electron chi connectivity index (χ4n) is 1.50. The number of hydrogen-bond acceptors (Lipinski definition) is 2. The van der Waals surface area contributed by atoms with E-state index in [1.807, 2.05) is 37.3 Å². The van der Waals surface area contributed by atoms with Crippen molar-refractivity contribution in [3.05, 3.63) is 46.8 Å². The highest BCUT2D eigenvalue weighted by Crippen LogP contribution is 2.18. The SMILES string of the molecule is Cc1cc(/C=C/c2cc(CCl)[nH]n2)ccc1O. The number of nitrogens with zero attached hydrogens (tertiary/aromatic N) is 1. The number of H-pyrrole nitrogens is 1. The molecule has 0 unspecified atom stereocenters. The number of phenolic OH excluding ortho intramolecular Hbond substituents is 1. The van der Waals surface area contributed by atoms with Crippen LogP contribution in [0.25, 0.3) is 12.2 Å². The Morgan fingerprint density at radius 1 is 1.35 bits per heavy atom. The van der Waals surface area contributed by atoms with Crippen molar-refractivity contribution in [2.45, 2.75) is 12.8 Å². The van der Waals surface area contributed by atoms with Gasteiger partial charge in [0.25, 0.3) is 0 Å². The number of alkyl halides is 1. The summed E-state index contributed by atoms with van der Waals surface area (Å²) in [5.74, 6) is 0.741. The van der Waals surface area contributed by atoms with Gasteiger partial charge in [0.2, 0.25) is 0 Å². The van der Waals surface area contributed by atoms with Crippen LogP contribution in [0.1, 0.15) is 22.5 Å². The predicted molar refractivity (Wildman–Crippen MR) is 69.9 cm³/mol. The largest absolute Gasteiger partial charge is 0.508 e. The molecular weight excluding hydrogens is 236 g/mol. The molecule has 2 N–H and O–H groups in total. The molecular formula is C13H13ClN2O. The summed E-state index contributed by atoms with van der Waals surface area (Å²) in [6.07, 6.45) is 3.85. The van der Waals surface area contributed by atoms with Gasteiger partial charge in [-0.15, -0.1) is 11.6 Å². The average Bonchev–Trinajstić information content (AvgIpc) is 2.79. The van der Waals surface area contributed by atoms with E-state index in [-0.39, 0.29) is 0 Å². The maximum absolute atomic E-state index is 9.41. The molecule has 2 aromatic rings. The number of aryl methyl sites for hydroxylation is 1. The van der Waals surface area contributed by atoms with Crippen LogP contribution in [0.2, 0.25) is 0 Å². The van der Waals surface area contributed by atoms with E-state index >= 15 is 0 Å². The van der Waals surface area contributed by atoms with Crippen molar-refractivity contribution in [1.82, 2.24) is 10.2 Å². The molecule has 0 atom stereocenters. The molecule has 0 aliphatic rings. The Balaban J connectivity index is 2.16. The zero-order valence-corrected chi connectivity index (χ0v) is 10.2. The molecule has 4 heteroatoms. The number of rotatable bonds is 3. The normalized spacial score (nSPS) is 11.2. The first kappa shape index (κ1) is 11.7. The van der Waals surface area contributed by atoms with Crippen LogP contribution in [-0.2, 0) is 5.88 Å². The monoisotopic (exact) mass is 248 g/mol. The second-order valence-electron chi connectivity index (χ2n) is 3.83. The molecule has 0 amide bonds. The lowest BCUT2D eigenvalue weighted by Crippen LogP contribution is -1.77. The number of aromatic hydroxyl groups is 1. The lowest BCUT2D eigenvalue weighted by atomic mass is 10.1. The standard InChI is InChI=1S/C13H13ClN2O/c1-9-6-10(3-5-13(9)17)2-4-11-7-12(8-14)16-15-11/h2-7,17H,8H2,1H3,(H,15,16)/b4-2+. The Morgan fingerprint density at radius 2 is 2.18 bits per heavy atom. The summed E-state index contributed by atoms with van der Waals surface area (Å²) in [6.45, 7) is 1.87. The first-order valence-corrected chi connectivity index (χ1v) is 5.80. The number of hydrogen-bond donors (Lipinski definition) is 2. The summed E-state index contributed by atoms with van der Waals surface area (Å²) in [7, 11) is 0. The molecule has 3 nitrogen and oxygen atoms in total. The second kappa shape index (κ2) is 5.06. The van der Waals surface area contributed by atoms with Gasteiger partial charge in [-0.2, -0.15) is 5.10 Å². The molecule has 0 bridgehead atoms.